The first-order valence-corrected chi connectivity index (χ1v) is 17.2. The molecule has 0 aromatic heterocycles. The molecular formula is C39H46F2NO6+. The molecule has 256 valence electrons. The Balaban J connectivity index is 1.18. The molecule has 0 radical (unpaired) electrons. The predicted molar refractivity (Wildman–Crippen MR) is 175 cm³/mol. The van der Waals surface area contributed by atoms with Gasteiger partial charge in [-0.2, -0.15) is 0 Å². The molecule has 48 heavy (non-hydrogen) atoms. The Morgan fingerprint density at radius 3 is 2.48 bits per heavy atom. The zero-order valence-electron chi connectivity index (χ0n) is 28.2. The Morgan fingerprint density at radius 2 is 1.79 bits per heavy atom. The van der Waals surface area contributed by atoms with Gasteiger partial charge in [-0.15, -0.1) is 0 Å². The molecule has 1 heterocycles. The summed E-state index contributed by atoms with van der Waals surface area (Å²) >= 11 is 0. The van der Waals surface area contributed by atoms with Crippen LogP contribution < -0.4 is 5.32 Å². The average molecular weight is 663 g/mol. The molecule has 1 aliphatic heterocycles. The zero-order chi connectivity index (χ0) is 34.4. The minimum absolute atomic E-state index is 0.0441. The van der Waals surface area contributed by atoms with Crippen LogP contribution in [0.1, 0.15) is 82.8 Å². The first kappa shape index (κ1) is 33.4. The van der Waals surface area contributed by atoms with Crippen LogP contribution in [0.15, 0.2) is 72.3 Å². The SMILES string of the molecule is CC(C)[NH2+]c1cccc(C(C)c2ccc(C3OC4CC5C6CC(F)C7=CC(=O)C=CC7(C)C6(F)C(O)CC5(C)C4(C(=O)CO)O3)cc2)c1. The first-order chi connectivity index (χ1) is 22.7. The van der Waals surface area contributed by atoms with Gasteiger partial charge in [-0.05, 0) is 80.9 Å². The van der Waals surface area contributed by atoms with Crippen molar-refractivity contribution < 1.29 is 43.4 Å². The second kappa shape index (κ2) is 11.5. The minimum atomic E-state index is -2.29. The van der Waals surface area contributed by atoms with E-state index in [1.165, 1.54) is 23.4 Å². The quantitative estimate of drug-likeness (QED) is 0.357. The number of aliphatic hydroxyl groups is 2. The topological polar surface area (TPSA) is 110 Å². The number of hydrogen-bond donors (Lipinski definition) is 3. The van der Waals surface area contributed by atoms with Gasteiger partial charge in [-0.3, -0.25) is 9.59 Å². The molecule has 0 spiro atoms. The summed E-state index contributed by atoms with van der Waals surface area (Å²) < 4.78 is 46.6. The average Bonchev–Trinajstić information content (AvgIpc) is 3.56. The highest BCUT2D eigenvalue weighted by Gasteiger charge is 2.80. The van der Waals surface area contributed by atoms with E-state index in [1.54, 1.807) is 13.8 Å². The Bertz CT molecular complexity index is 1690. The lowest BCUT2D eigenvalue weighted by Gasteiger charge is -2.63. The molecular weight excluding hydrogens is 616 g/mol. The number of quaternary nitrogens is 1. The van der Waals surface area contributed by atoms with E-state index in [0.29, 0.717) is 11.6 Å². The van der Waals surface area contributed by atoms with Crippen molar-refractivity contribution in [2.45, 2.75) is 102 Å². The molecule has 4 N–H and O–H groups in total. The summed E-state index contributed by atoms with van der Waals surface area (Å²) in [5, 5.41) is 24.2. The van der Waals surface area contributed by atoms with Crippen LogP contribution in [0.4, 0.5) is 14.5 Å². The summed E-state index contributed by atoms with van der Waals surface area (Å²) in [7, 11) is 0. The maximum Gasteiger partial charge on any atom is 0.193 e. The van der Waals surface area contributed by atoms with Crippen LogP contribution in [0.5, 0.6) is 0 Å². The number of aliphatic hydroxyl groups excluding tert-OH is 2. The molecule has 2 aromatic rings. The number of benzene rings is 2. The van der Waals surface area contributed by atoms with Crippen molar-refractivity contribution in [3.8, 4) is 0 Å². The summed E-state index contributed by atoms with van der Waals surface area (Å²) in [5.74, 6) is -2.46. The van der Waals surface area contributed by atoms with Crippen LogP contribution in [0.25, 0.3) is 0 Å². The lowest BCUT2D eigenvalue weighted by Crippen LogP contribution is -2.82. The summed E-state index contributed by atoms with van der Waals surface area (Å²) in [4.78, 5) is 26.0. The standard InChI is InChI=1S/C39H45F2NO6/c1-21(2)42-26-8-6-7-25(15-26)22(3)23-9-11-24(12-10-23)35-47-34-18-28-29-17-31(40)30-16-27(44)13-14-36(30,4)38(29,41)32(45)19-37(28,5)39(34,48-35)33(46)20-43/h6-16,21-22,28-29,31-32,34-35,42-43,45H,17-20H2,1-5H3/p+1. The van der Waals surface area contributed by atoms with Crippen molar-refractivity contribution in [2.75, 3.05) is 6.61 Å². The lowest BCUT2D eigenvalue weighted by atomic mass is 9.44. The molecule has 0 bridgehead atoms. The van der Waals surface area contributed by atoms with E-state index < -0.39 is 76.8 Å². The second-order valence-electron chi connectivity index (χ2n) is 15.5. The number of allylic oxidation sites excluding steroid dienone is 4. The van der Waals surface area contributed by atoms with Gasteiger partial charge in [0.2, 0.25) is 0 Å². The van der Waals surface area contributed by atoms with E-state index in [9.17, 15) is 19.8 Å². The first-order valence-electron chi connectivity index (χ1n) is 17.2. The molecule has 0 amide bonds. The molecule has 9 heteroatoms. The van der Waals surface area contributed by atoms with Crippen LogP contribution in [0.3, 0.4) is 0 Å². The number of fused-ring (bicyclic) bond motifs is 7. The van der Waals surface area contributed by atoms with Crippen molar-refractivity contribution in [1.82, 2.24) is 0 Å². The number of ether oxygens (including phenoxy) is 2. The zero-order valence-corrected chi connectivity index (χ0v) is 28.2. The van der Waals surface area contributed by atoms with E-state index in [2.05, 4.69) is 50.4 Å². The maximum absolute atomic E-state index is 17.6. The van der Waals surface area contributed by atoms with Gasteiger partial charge in [0.05, 0.1) is 18.2 Å². The molecule has 4 fully saturated rings. The van der Waals surface area contributed by atoms with Gasteiger partial charge in [0.15, 0.2) is 29.1 Å². The number of Topliss-reactive ketones (excluding diaryl/α,β-unsaturated/α-hetero) is 1. The van der Waals surface area contributed by atoms with Gasteiger partial charge < -0.3 is 25.0 Å². The molecule has 7 rings (SSSR count). The molecule has 11 atom stereocenters. The summed E-state index contributed by atoms with van der Waals surface area (Å²) in [6.07, 6.45) is -1.35. The predicted octanol–water partition coefficient (Wildman–Crippen LogP) is 5.08. The molecule has 4 aliphatic carbocycles. The normalized spacial score (nSPS) is 40.5. The van der Waals surface area contributed by atoms with Crippen LogP contribution >= 0.6 is 0 Å². The summed E-state index contributed by atoms with van der Waals surface area (Å²) in [5.41, 5.74) is -2.44. The van der Waals surface area contributed by atoms with Gasteiger partial charge in [-0.1, -0.05) is 56.3 Å². The van der Waals surface area contributed by atoms with Crippen LogP contribution in [0.2, 0.25) is 0 Å². The van der Waals surface area contributed by atoms with Gasteiger partial charge in [0, 0.05) is 34.3 Å². The van der Waals surface area contributed by atoms with E-state index >= 15 is 8.78 Å². The third-order valence-electron chi connectivity index (χ3n) is 12.6. The van der Waals surface area contributed by atoms with Gasteiger partial charge in [-0.25, -0.2) is 8.78 Å². The number of hydrogen-bond acceptors (Lipinski definition) is 6. The number of nitrogens with two attached hydrogens (primary N) is 1. The highest BCUT2D eigenvalue weighted by Crippen LogP contribution is 2.72. The van der Waals surface area contributed by atoms with Crippen LogP contribution in [-0.2, 0) is 19.1 Å². The van der Waals surface area contributed by atoms with Gasteiger partial charge in [0.25, 0.3) is 0 Å². The number of halogens is 2. The highest BCUT2D eigenvalue weighted by atomic mass is 19.1. The third kappa shape index (κ3) is 4.54. The largest absolute Gasteiger partial charge is 0.390 e. The maximum atomic E-state index is 17.6. The fourth-order valence-electron chi connectivity index (χ4n) is 10.2. The number of carbonyl (C=O) groups excluding carboxylic acids is 2. The van der Waals surface area contributed by atoms with Crippen molar-refractivity contribution in [1.29, 1.82) is 0 Å². The molecule has 5 aliphatic rings. The van der Waals surface area contributed by atoms with E-state index in [-0.39, 0.29) is 30.8 Å². The van der Waals surface area contributed by atoms with Crippen LogP contribution in [-0.4, -0.2) is 64.1 Å². The summed E-state index contributed by atoms with van der Waals surface area (Å²) in [6, 6.07) is 16.8. The third-order valence-corrected chi connectivity index (χ3v) is 12.6. The van der Waals surface area contributed by atoms with E-state index in [0.717, 1.165) is 11.6 Å². The fourth-order valence-corrected chi connectivity index (χ4v) is 10.2. The van der Waals surface area contributed by atoms with Crippen molar-refractivity contribution >= 4 is 17.3 Å². The number of alkyl halides is 2. The Morgan fingerprint density at radius 1 is 1.06 bits per heavy atom. The second-order valence-corrected chi connectivity index (χ2v) is 15.5. The van der Waals surface area contributed by atoms with Gasteiger partial charge in [0.1, 0.15) is 18.5 Å². The molecule has 7 nitrogen and oxygen atoms in total. The molecule has 11 unspecified atom stereocenters. The van der Waals surface area contributed by atoms with Crippen molar-refractivity contribution in [3.63, 3.8) is 0 Å². The molecule has 2 aromatic carbocycles. The van der Waals surface area contributed by atoms with Crippen molar-refractivity contribution in [2.24, 2.45) is 22.7 Å². The Labute approximate surface area is 280 Å². The van der Waals surface area contributed by atoms with E-state index in [4.69, 9.17) is 9.47 Å². The highest BCUT2D eigenvalue weighted by molar-refractivity contribution is 6.01. The smallest absolute Gasteiger partial charge is 0.193 e. The van der Waals surface area contributed by atoms with Crippen molar-refractivity contribution in [3.05, 3.63) is 89.0 Å². The molecule has 3 saturated carbocycles. The van der Waals surface area contributed by atoms with E-state index in [1.807, 2.05) is 24.3 Å². The number of rotatable bonds is 7. The Hall–Kier alpha value is -3.08. The number of ketones is 2. The van der Waals surface area contributed by atoms with Crippen LogP contribution in [0, 0.1) is 22.7 Å². The monoisotopic (exact) mass is 662 g/mol. The fraction of sp³-hybridized carbons (Fsp3) is 0.538. The Kier molecular flexibility index (Phi) is 8.00. The lowest BCUT2D eigenvalue weighted by molar-refractivity contribution is -0.603. The minimum Gasteiger partial charge on any atom is -0.390 e. The molecule has 1 saturated heterocycles. The number of carbonyl (C=O) groups is 2. The summed E-state index contributed by atoms with van der Waals surface area (Å²) in [6.45, 7) is 8.97. The van der Waals surface area contributed by atoms with Gasteiger partial charge >= 0.3 is 0 Å².